The van der Waals surface area contributed by atoms with Crippen LogP contribution in [0.25, 0.3) is 0 Å². The van der Waals surface area contributed by atoms with E-state index in [1.807, 2.05) is 0 Å². The number of hydrogen-bond donors (Lipinski definition) is 0. The van der Waals surface area contributed by atoms with Crippen LogP contribution in [0.5, 0.6) is 0 Å². The maximum Gasteiger partial charge on any atom is 0.0581 e. The van der Waals surface area contributed by atoms with Gasteiger partial charge in [0.2, 0.25) is 0 Å². The van der Waals surface area contributed by atoms with Gasteiger partial charge in [0.1, 0.15) is 0 Å². The lowest BCUT2D eigenvalue weighted by Gasteiger charge is -2.18. The van der Waals surface area contributed by atoms with Crippen LogP contribution in [0, 0.1) is 123 Å². The van der Waals surface area contributed by atoms with Crippen molar-refractivity contribution in [2.75, 3.05) is 0 Å². The molecule has 0 fully saturated rings. The van der Waals surface area contributed by atoms with E-state index in [1.54, 1.807) is 0 Å². The fourth-order valence-corrected chi connectivity index (χ4v) is 3.86. The smallest absolute Gasteiger partial charge is 0.0581 e. The maximum atomic E-state index is 5.80. The van der Waals surface area contributed by atoms with E-state index in [1.165, 1.54) is 0 Å². The van der Waals surface area contributed by atoms with Crippen LogP contribution in [0.2, 0.25) is 0 Å². The molecule has 2 aromatic rings. The fourth-order valence-electron chi connectivity index (χ4n) is 3.86. The molecule has 0 aliphatic rings. The normalized spacial score (nSPS) is 8.53. The van der Waals surface area contributed by atoms with Gasteiger partial charge in [-0.3, -0.25) is 0 Å². The third kappa shape index (κ3) is 3.63. The molecule has 0 radical (unpaired) electrons. The lowest BCUT2D eigenvalue weighted by molar-refractivity contribution is 0.942. The Labute approximate surface area is 203 Å². The van der Waals surface area contributed by atoms with Crippen LogP contribution in [-0.4, -0.2) is 0 Å². The standard InChI is InChI=1S/C34H14/c1-11-23-25(13-3)29(17-7)33(30(18-8)26(23)14-4)21-22-34-31(19-9)27(15-5)24(12-2)28(16-6)32(34)20-10/h1-10H,21-22H2. The minimum Gasteiger partial charge on any atom is -0.115 e. The van der Waals surface area contributed by atoms with E-state index in [4.69, 9.17) is 64.2 Å². The Morgan fingerprint density at radius 1 is 0.265 bits per heavy atom. The molecule has 0 saturated carbocycles. The van der Waals surface area contributed by atoms with E-state index in [9.17, 15) is 0 Å². The molecule has 0 atom stereocenters. The van der Waals surface area contributed by atoms with Gasteiger partial charge in [-0.15, -0.1) is 64.2 Å². The first-order valence-electron chi connectivity index (χ1n) is 9.59. The molecule has 0 amide bonds. The molecule has 0 bridgehead atoms. The lowest BCUT2D eigenvalue weighted by atomic mass is 9.82. The van der Waals surface area contributed by atoms with Crippen molar-refractivity contribution >= 4 is 0 Å². The summed E-state index contributed by atoms with van der Waals surface area (Å²) in [4.78, 5) is 0. The zero-order valence-electron chi connectivity index (χ0n) is 18.2. The zero-order valence-corrected chi connectivity index (χ0v) is 18.2. The van der Waals surface area contributed by atoms with Gasteiger partial charge in [-0.1, -0.05) is 59.2 Å². The Balaban J connectivity index is 2.96. The molecule has 0 aromatic heterocycles. The van der Waals surface area contributed by atoms with Crippen molar-refractivity contribution in [1.29, 1.82) is 0 Å². The first kappa shape index (κ1) is 24.3. The van der Waals surface area contributed by atoms with Crippen molar-refractivity contribution in [3.63, 3.8) is 0 Å². The predicted molar refractivity (Wildman–Crippen MR) is 140 cm³/mol. The quantitative estimate of drug-likeness (QED) is 0.666. The number of benzene rings is 2. The van der Waals surface area contributed by atoms with E-state index in [-0.39, 0.29) is 12.8 Å². The van der Waals surface area contributed by atoms with Gasteiger partial charge in [0.05, 0.1) is 33.4 Å². The predicted octanol–water partition coefficient (Wildman–Crippen LogP) is 3.28. The number of hydrogen-bond acceptors (Lipinski definition) is 0. The summed E-state index contributed by atoms with van der Waals surface area (Å²) in [5.41, 5.74) is 4.51. The highest BCUT2D eigenvalue weighted by molar-refractivity contribution is 5.75. The van der Waals surface area contributed by atoms with Crippen LogP contribution in [0.15, 0.2) is 0 Å². The highest BCUT2D eigenvalue weighted by atomic mass is 14.2. The van der Waals surface area contributed by atoms with E-state index in [0.717, 1.165) is 0 Å². The highest BCUT2D eigenvalue weighted by Gasteiger charge is 2.23. The minimum absolute atomic E-state index is 0.278. The SMILES string of the molecule is C#Cc1c(C#C)c(C#C)c(CCc2c(C#C)c(C#C)c(C#C)c(C#C)c2C#C)c(C#C)c1C#C. The summed E-state index contributed by atoms with van der Waals surface area (Å²) in [6, 6.07) is 0. The molecule has 0 aliphatic heterocycles. The van der Waals surface area contributed by atoms with Crippen LogP contribution in [-0.2, 0) is 12.8 Å². The summed E-state index contributed by atoms with van der Waals surface area (Å²) in [5, 5.41) is 0. The van der Waals surface area contributed by atoms with Crippen molar-refractivity contribution in [2.24, 2.45) is 0 Å². The van der Waals surface area contributed by atoms with Crippen molar-refractivity contribution in [2.45, 2.75) is 12.8 Å². The molecule has 2 rings (SSSR count). The fraction of sp³-hybridized carbons (Fsp3) is 0.0588. The van der Waals surface area contributed by atoms with Gasteiger partial charge in [0, 0.05) is 22.3 Å². The minimum atomic E-state index is 0.278. The van der Waals surface area contributed by atoms with Gasteiger partial charge in [-0.2, -0.15) is 0 Å². The molecule has 0 heterocycles. The Hall–Kier alpha value is -5.96. The second kappa shape index (κ2) is 10.4. The van der Waals surface area contributed by atoms with Gasteiger partial charge in [-0.05, 0) is 24.0 Å². The van der Waals surface area contributed by atoms with Crippen molar-refractivity contribution in [3.05, 3.63) is 66.8 Å². The maximum absolute atomic E-state index is 5.80. The Morgan fingerprint density at radius 2 is 0.412 bits per heavy atom. The Morgan fingerprint density at radius 3 is 0.559 bits per heavy atom. The molecule has 0 nitrogen and oxygen atoms in total. The van der Waals surface area contributed by atoms with Crippen molar-refractivity contribution in [1.82, 2.24) is 0 Å². The van der Waals surface area contributed by atoms with E-state index < -0.39 is 0 Å². The molecule has 34 heavy (non-hydrogen) atoms. The summed E-state index contributed by atoms with van der Waals surface area (Å²) < 4.78 is 0. The van der Waals surface area contributed by atoms with Crippen LogP contribution >= 0.6 is 0 Å². The first-order valence-corrected chi connectivity index (χ1v) is 9.59. The second-order valence-electron chi connectivity index (χ2n) is 6.65. The van der Waals surface area contributed by atoms with Crippen LogP contribution < -0.4 is 0 Å². The van der Waals surface area contributed by atoms with Gasteiger partial charge >= 0.3 is 0 Å². The van der Waals surface area contributed by atoms with E-state index in [0.29, 0.717) is 66.8 Å². The lowest BCUT2D eigenvalue weighted by Crippen LogP contribution is -2.10. The summed E-state index contributed by atoms with van der Waals surface area (Å²) in [7, 11) is 0. The third-order valence-corrected chi connectivity index (χ3v) is 5.28. The second-order valence-corrected chi connectivity index (χ2v) is 6.65. The average Bonchev–Trinajstić information content (AvgIpc) is 2.88. The number of rotatable bonds is 3. The summed E-state index contributed by atoms with van der Waals surface area (Å²) in [6.45, 7) is 0. The van der Waals surface area contributed by atoms with Crippen molar-refractivity contribution < 1.29 is 0 Å². The topological polar surface area (TPSA) is 0 Å². The van der Waals surface area contributed by atoms with Crippen molar-refractivity contribution in [3.8, 4) is 123 Å². The first-order chi connectivity index (χ1) is 16.5. The molecule has 0 aliphatic carbocycles. The molecule has 150 valence electrons. The van der Waals surface area contributed by atoms with Gasteiger partial charge < -0.3 is 0 Å². The summed E-state index contributed by atoms with van der Waals surface area (Å²) in [5.74, 6) is 25.6. The average molecular weight is 422 g/mol. The Bertz CT molecular complexity index is 1440. The van der Waals surface area contributed by atoms with Crippen LogP contribution in [0.3, 0.4) is 0 Å². The largest absolute Gasteiger partial charge is 0.115 e. The highest BCUT2D eigenvalue weighted by Crippen LogP contribution is 2.31. The Kier molecular flexibility index (Phi) is 7.42. The van der Waals surface area contributed by atoms with Gasteiger partial charge in [0.15, 0.2) is 0 Å². The van der Waals surface area contributed by atoms with E-state index >= 15 is 0 Å². The summed E-state index contributed by atoms with van der Waals surface area (Å²) >= 11 is 0. The molecule has 0 saturated heterocycles. The number of terminal acetylenes is 10. The molecule has 0 N–H and O–H groups in total. The molecule has 2 aromatic carbocycles. The molecule has 0 unspecified atom stereocenters. The molecule has 0 heteroatoms. The molecule has 0 spiro atoms. The zero-order chi connectivity index (χ0) is 25.4. The summed E-state index contributed by atoms with van der Waals surface area (Å²) in [6.07, 6.45) is 57.9. The monoisotopic (exact) mass is 422 g/mol. The van der Waals surface area contributed by atoms with Gasteiger partial charge in [0.25, 0.3) is 0 Å². The molecular formula is C34H14. The van der Waals surface area contributed by atoms with E-state index in [2.05, 4.69) is 59.2 Å². The van der Waals surface area contributed by atoms with Crippen LogP contribution in [0.4, 0.5) is 0 Å². The van der Waals surface area contributed by atoms with Crippen LogP contribution in [0.1, 0.15) is 66.8 Å². The third-order valence-electron chi connectivity index (χ3n) is 5.28. The van der Waals surface area contributed by atoms with Gasteiger partial charge in [-0.25, -0.2) is 0 Å². The molecular weight excluding hydrogens is 408 g/mol.